The van der Waals surface area contributed by atoms with Crippen molar-refractivity contribution in [2.24, 2.45) is 0 Å². The molecule has 0 aromatic heterocycles. The molecular weight excluding hydrogens is 292 g/mol. The minimum Gasteiger partial charge on any atom is -0.322 e. The highest BCUT2D eigenvalue weighted by Crippen LogP contribution is 2.19. The second-order valence-electron chi connectivity index (χ2n) is 4.77. The summed E-state index contributed by atoms with van der Waals surface area (Å²) in [7, 11) is 1.53. The molecule has 2 aromatic rings. The highest BCUT2D eigenvalue weighted by Gasteiger charge is 2.12. The summed E-state index contributed by atoms with van der Waals surface area (Å²) in [6, 6.07) is 15.8. The summed E-state index contributed by atoms with van der Waals surface area (Å²) in [5, 5.41) is 21.8. The molecule has 2 aromatic carbocycles. The lowest BCUT2D eigenvalue weighted by molar-refractivity contribution is 0.155. The minimum absolute atomic E-state index is 0.393. The van der Waals surface area contributed by atoms with Crippen molar-refractivity contribution in [3.05, 3.63) is 59.2 Å². The number of nitrogens with zero attached hydrogens (tertiary/aromatic N) is 3. The van der Waals surface area contributed by atoms with Crippen LogP contribution in [0.25, 0.3) is 0 Å². The molecule has 0 spiro atoms. The van der Waals surface area contributed by atoms with Crippen LogP contribution in [-0.2, 0) is 4.84 Å². The van der Waals surface area contributed by atoms with Gasteiger partial charge >= 0.3 is 6.09 Å². The second-order valence-corrected chi connectivity index (χ2v) is 4.77. The molecular formula is C17H14N4O2. The molecule has 0 aliphatic rings. The SMILES string of the molecule is Cc1ccc(NC(=O)ON(C)c2ccccc2C#N)cc1C#N. The van der Waals surface area contributed by atoms with Crippen molar-refractivity contribution < 1.29 is 9.63 Å². The van der Waals surface area contributed by atoms with Crippen LogP contribution >= 0.6 is 0 Å². The van der Waals surface area contributed by atoms with E-state index >= 15 is 0 Å². The van der Waals surface area contributed by atoms with Crippen LogP contribution in [0.1, 0.15) is 16.7 Å². The van der Waals surface area contributed by atoms with E-state index in [0.29, 0.717) is 22.5 Å². The van der Waals surface area contributed by atoms with Crippen molar-refractivity contribution in [3.8, 4) is 12.1 Å². The third-order valence-electron chi connectivity index (χ3n) is 3.19. The van der Waals surface area contributed by atoms with Gasteiger partial charge in [0.25, 0.3) is 0 Å². The highest BCUT2D eigenvalue weighted by atomic mass is 16.7. The van der Waals surface area contributed by atoms with Crippen LogP contribution in [0, 0.1) is 29.6 Å². The first-order valence-electron chi connectivity index (χ1n) is 6.77. The van der Waals surface area contributed by atoms with Gasteiger partial charge in [-0.1, -0.05) is 18.2 Å². The van der Waals surface area contributed by atoms with Gasteiger partial charge in [0.05, 0.1) is 22.9 Å². The van der Waals surface area contributed by atoms with E-state index in [0.717, 1.165) is 5.56 Å². The zero-order valence-electron chi connectivity index (χ0n) is 12.7. The molecule has 6 nitrogen and oxygen atoms in total. The van der Waals surface area contributed by atoms with Crippen molar-refractivity contribution in [3.63, 3.8) is 0 Å². The number of hydrogen-bond acceptors (Lipinski definition) is 5. The predicted molar refractivity (Wildman–Crippen MR) is 85.6 cm³/mol. The van der Waals surface area contributed by atoms with Crippen LogP contribution < -0.4 is 10.4 Å². The lowest BCUT2D eigenvalue weighted by Crippen LogP contribution is -2.26. The minimum atomic E-state index is -0.715. The molecule has 0 atom stereocenters. The third kappa shape index (κ3) is 3.78. The Morgan fingerprint density at radius 3 is 2.52 bits per heavy atom. The number of carbonyl (C=O) groups excluding carboxylic acids is 1. The predicted octanol–water partition coefficient (Wildman–Crippen LogP) is 3.34. The fraction of sp³-hybridized carbons (Fsp3) is 0.118. The Kier molecular flexibility index (Phi) is 4.81. The molecule has 0 fully saturated rings. The van der Waals surface area contributed by atoms with Gasteiger partial charge in [0.2, 0.25) is 0 Å². The van der Waals surface area contributed by atoms with Gasteiger partial charge in [-0.25, -0.2) is 9.86 Å². The maximum absolute atomic E-state index is 11.9. The highest BCUT2D eigenvalue weighted by molar-refractivity contribution is 5.85. The molecule has 6 heteroatoms. The molecule has 1 N–H and O–H groups in total. The molecule has 0 aliphatic carbocycles. The lowest BCUT2D eigenvalue weighted by atomic mass is 10.1. The quantitative estimate of drug-likeness (QED) is 0.878. The number of hydrogen-bond donors (Lipinski definition) is 1. The Morgan fingerprint density at radius 2 is 1.83 bits per heavy atom. The first-order valence-corrected chi connectivity index (χ1v) is 6.77. The summed E-state index contributed by atoms with van der Waals surface area (Å²) in [4.78, 5) is 17.1. The van der Waals surface area contributed by atoms with Gasteiger partial charge in [0.1, 0.15) is 6.07 Å². The zero-order valence-corrected chi connectivity index (χ0v) is 12.7. The smallest absolute Gasteiger partial charge is 0.322 e. The molecule has 2 rings (SSSR count). The number of para-hydroxylation sites is 1. The van der Waals surface area contributed by atoms with E-state index in [4.69, 9.17) is 15.4 Å². The number of anilines is 2. The number of aryl methyl sites for hydroxylation is 1. The van der Waals surface area contributed by atoms with E-state index in [9.17, 15) is 4.79 Å². The number of hydroxylamine groups is 1. The van der Waals surface area contributed by atoms with Crippen LogP contribution in [0.3, 0.4) is 0 Å². The summed E-state index contributed by atoms with van der Waals surface area (Å²) < 4.78 is 0. The summed E-state index contributed by atoms with van der Waals surface area (Å²) in [6.45, 7) is 1.81. The number of nitriles is 2. The van der Waals surface area contributed by atoms with Gasteiger partial charge < -0.3 is 4.84 Å². The standard InChI is InChI=1S/C17H14N4O2/c1-12-7-8-15(9-14(12)11-19)20-17(22)23-21(2)16-6-4-3-5-13(16)10-18/h3-9H,1-2H3,(H,20,22). The van der Waals surface area contributed by atoms with Gasteiger partial charge in [0.15, 0.2) is 0 Å². The van der Waals surface area contributed by atoms with Crippen molar-refractivity contribution in [1.29, 1.82) is 10.5 Å². The maximum Gasteiger partial charge on any atom is 0.436 e. The third-order valence-corrected chi connectivity index (χ3v) is 3.19. The summed E-state index contributed by atoms with van der Waals surface area (Å²) >= 11 is 0. The largest absolute Gasteiger partial charge is 0.436 e. The average molecular weight is 306 g/mol. The van der Waals surface area contributed by atoms with Gasteiger partial charge in [-0.3, -0.25) is 5.32 Å². The average Bonchev–Trinajstić information content (AvgIpc) is 2.56. The van der Waals surface area contributed by atoms with Gasteiger partial charge in [-0.15, -0.1) is 0 Å². The van der Waals surface area contributed by atoms with Crippen LogP contribution in [0.5, 0.6) is 0 Å². The topological polar surface area (TPSA) is 89.2 Å². The van der Waals surface area contributed by atoms with Crippen LogP contribution in [0.4, 0.5) is 16.2 Å². The van der Waals surface area contributed by atoms with Crippen molar-refractivity contribution in [2.45, 2.75) is 6.92 Å². The molecule has 0 saturated carbocycles. The molecule has 0 aliphatic heterocycles. The number of rotatable bonds is 3. The van der Waals surface area contributed by atoms with E-state index in [1.54, 1.807) is 42.5 Å². The number of carbonyl (C=O) groups is 1. The molecule has 0 radical (unpaired) electrons. The molecule has 114 valence electrons. The van der Waals surface area contributed by atoms with Crippen LogP contribution in [-0.4, -0.2) is 13.1 Å². The Bertz CT molecular complexity index is 818. The molecule has 0 bridgehead atoms. The Balaban J connectivity index is 2.08. The lowest BCUT2D eigenvalue weighted by Gasteiger charge is -2.19. The van der Waals surface area contributed by atoms with Crippen molar-refractivity contribution in [2.75, 3.05) is 17.4 Å². The second kappa shape index (κ2) is 6.97. The van der Waals surface area contributed by atoms with Gasteiger partial charge in [-0.2, -0.15) is 10.5 Å². The molecule has 1 amide bonds. The summed E-state index contributed by atoms with van der Waals surface area (Å²) in [5.41, 5.74) is 2.63. The number of benzene rings is 2. The van der Waals surface area contributed by atoms with Gasteiger partial charge in [0, 0.05) is 12.7 Å². The van der Waals surface area contributed by atoms with Crippen molar-refractivity contribution in [1.82, 2.24) is 0 Å². The maximum atomic E-state index is 11.9. The normalized spacial score (nSPS) is 9.39. The summed E-state index contributed by atoms with van der Waals surface area (Å²) in [6.07, 6.45) is -0.715. The Hall–Kier alpha value is -3.51. The molecule has 0 saturated heterocycles. The van der Waals surface area contributed by atoms with E-state index in [1.165, 1.54) is 12.1 Å². The Morgan fingerprint density at radius 1 is 1.13 bits per heavy atom. The molecule has 23 heavy (non-hydrogen) atoms. The first-order chi connectivity index (χ1) is 11.0. The van der Waals surface area contributed by atoms with E-state index in [-0.39, 0.29) is 0 Å². The fourth-order valence-electron chi connectivity index (χ4n) is 1.98. The monoisotopic (exact) mass is 306 g/mol. The zero-order chi connectivity index (χ0) is 16.8. The van der Waals surface area contributed by atoms with E-state index < -0.39 is 6.09 Å². The van der Waals surface area contributed by atoms with Crippen LogP contribution in [0.2, 0.25) is 0 Å². The first kappa shape index (κ1) is 15.9. The van der Waals surface area contributed by atoms with Crippen LogP contribution in [0.15, 0.2) is 42.5 Å². The summed E-state index contributed by atoms with van der Waals surface area (Å²) in [5.74, 6) is 0. The molecule has 0 heterocycles. The number of nitrogens with one attached hydrogen (secondary N) is 1. The number of amides is 1. The van der Waals surface area contributed by atoms with Gasteiger partial charge in [-0.05, 0) is 36.8 Å². The molecule has 0 unspecified atom stereocenters. The Labute approximate surface area is 134 Å². The van der Waals surface area contributed by atoms with E-state index in [2.05, 4.69) is 11.4 Å². The van der Waals surface area contributed by atoms with E-state index in [1.807, 2.05) is 13.0 Å². The van der Waals surface area contributed by atoms with Crippen molar-refractivity contribution >= 4 is 17.5 Å². The fourth-order valence-corrected chi connectivity index (χ4v) is 1.98.